The van der Waals surface area contributed by atoms with Crippen LogP contribution in [-0.4, -0.2) is 36.4 Å². The highest BCUT2D eigenvalue weighted by Crippen LogP contribution is 2.38. The summed E-state index contributed by atoms with van der Waals surface area (Å²) in [4.78, 5) is 17.5. The number of hydrogen-bond donors (Lipinski definition) is 3. The monoisotopic (exact) mass is 418 g/mol. The van der Waals surface area contributed by atoms with Gasteiger partial charge in [0.05, 0.1) is 29.3 Å². The van der Waals surface area contributed by atoms with E-state index in [0.29, 0.717) is 17.8 Å². The minimum absolute atomic E-state index is 0.162. The normalized spacial score (nSPS) is 18.6. The zero-order valence-corrected chi connectivity index (χ0v) is 18.0. The van der Waals surface area contributed by atoms with Gasteiger partial charge in [-0.1, -0.05) is 0 Å². The summed E-state index contributed by atoms with van der Waals surface area (Å²) in [5.74, 6) is 0.0639. The lowest BCUT2D eigenvalue weighted by molar-refractivity contribution is 0.102. The average Bonchev–Trinajstić information content (AvgIpc) is 3.29. The quantitative estimate of drug-likeness (QED) is 0.468. The molecule has 31 heavy (non-hydrogen) atoms. The molecule has 160 valence electrons. The van der Waals surface area contributed by atoms with Crippen molar-refractivity contribution < 1.29 is 9.90 Å². The molecule has 0 spiro atoms. The Morgan fingerprint density at radius 3 is 2.84 bits per heavy atom. The molecule has 2 atom stereocenters. The van der Waals surface area contributed by atoms with Crippen LogP contribution >= 0.6 is 0 Å². The summed E-state index contributed by atoms with van der Waals surface area (Å²) >= 11 is 0. The third kappa shape index (κ3) is 3.06. The lowest BCUT2D eigenvalue weighted by atomic mass is 10.1. The van der Waals surface area contributed by atoms with Crippen LogP contribution in [0.25, 0.3) is 21.9 Å². The van der Waals surface area contributed by atoms with E-state index in [1.165, 1.54) is 0 Å². The van der Waals surface area contributed by atoms with Crippen LogP contribution in [0.3, 0.4) is 0 Å². The third-order valence-corrected chi connectivity index (χ3v) is 6.24. The van der Waals surface area contributed by atoms with Gasteiger partial charge in [0.1, 0.15) is 5.75 Å². The Labute approximate surface area is 179 Å². The van der Waals surface area contributed by atoms with Crippen LogP contribution in [0, 0.1) is 0 Å². The van der Waals surface area contributed by atoms with E-state index < -0.39 is 0 Å². The van der Waals surface area contributed by atoms with Gasteiger partial charge in [-0.3, -0.25) is 4.79 Å². The topological polar surface area (TPSA) is 97.0 Å². The molecule has 0 bridgehead atoms. The summed E-state index contributed by atoms with van der Waals surface area (Å²) in [6.45, 7) is 8.94. The Kier molecular flexibility index (Phi) is 4.48. The molecule has 1 aromatic carbocycles. The molecule has 0 aliphatic carbocycles. The van der Waals surface area contributed by atoms with E-state index in [-0.39, 0.29) is 29.8 Å². The Balaban J connectivity index is 1.48. The number of nitrogens with one attached hydrogen (secondary N) is 2. The van der Waals surface area contributed by atoms with Crippen molar-refractivity contribution in [1.82, 2.24) is 24.6 Å². The molecule has 8 nitrogen and oxygen atoms in total. The molecule has 4 heterocycles. The molecule has 3 aromatic heterocycles. The van der Waals surface area contributed by atoms with Crippen LogP contribution < -0.4 is 10.6 Å². The maximum atomic E-state index is 13.0. The van der Waals surface area contributed by atoms with Crippen LogP contribution in [0.2, 0.25) is 0 Å². The molecule has 1 aliphatic rings. The Hall–Kier alpha value is -3.39. The van der Waals surface area contributed by atoms with Gasteiger partial charge in [-0.25, -0.2) is 9.67 Å². The van der Waals surface area contributed by atoms with Gasteiger partial charge in [-0.15, -0.1) is 0 Å². The minimum Gasteiger partial charge on any atom is -0.505 e. The van der Waals surface area contributed by atoms with Crippen molar-refractivity contribution in [1.29, 1.82) is 0 Å². The second kappa shape index (κ2) is 7.09. The average molecular weight is 419 g/mol. The van der Waals surface area contributed by atoms with Crippen molar-refractivity contribution in [2.45, 2.75) is 52.4 Å². The largest absolute Gasteiger partial charge is 0.505 e. The number of aromatic nitrogens is 4. The number of benzene rings is 1. The van der Waals surface area contributed by atoms with Gasteiger partial charge in [0.15, 0.2) is 5.65 Å². The van der Waals surface area contributed by atoms with Crippen LogP contribution in [0.5, 0.6) is 5.75 Å². The lowest BCUT2D eigenvalue weighted by Crippen LogP contribution is -2.39. The Bertz CT molecular complexity index is 1320. The molecule has 1 amide bonds. The van der Waals surface area contributed by atoms with Crippen LogP contribution in [-0.2, 0) is 6.54 Å². The highest BCUT2D eigenvalue weighted by atomic mass is 16.3. The number of rotatable bonds is 3. The molecule has 0 saturated carbocycles. The van der Waals surface area contributed by atoms with Crippen LogP contribution in [0.15, 0.2) is 36.7 Å². The van der Waals surface area contributed by atoms with E-state index in [4.69, 9.17) is 0 Å². The highest BCUT2D eigenvalue weighted by molar-refractivity contribution is 6.07. The molecular formula is C23H26N6O2. The molecule has 8 heteroatoms. The number of aromatic hydroxyl groups is 1. The van der Waals surface area contributed by atoms with E-state index in [0.717, 1.165) is 27.6 Å². The van der Waals surface area contributed by atoms with Crippen molar-refractivity contribution in [3.63, 3.8) is 0 Å². The second-order valence-corrected chi connectivity index (χ2v) is 8.58. The van der Waals surface area contributed by atoms with Crippen molar-refractivity contribution in [2.75, 3.05) is 5.32 Å². The smallest absolute Gasteiger partial charge is 0.255 e. The first-order chi connectivity index (χ1) is 14.8. The van der Waals surface area contributed by atoms with Gasteiger partial charge < -0.3 is 20.3 Å². The SMILES string of the molecule is CC(C)n1ncc2cc(NC(=O)c3ccc4c(O)c5n(c4c3)C(C)[C@@H](C)NC5)cnc21. The first-order valence-electron chi connectivity index (χ1n) is 10.6. The van der Waals surface area contributed by atoms with Gasteiger partial charge in [0, 0.05) is 41.0 Å². The number of carbonyl (C=O) groups excluding carboxylic acids is 1. The molecule has 0 radical (unpaired) electrons. The summed E-state index contributed by atoms with van der Waals surface area (Å²) < 4.78 is 3.99. The van der Waals surface area contributed by atoms with Gasteiger partial charge in [-0.2, -0.15) is 5.10 Å². The number of anilines is 1. The summed E-state index contributed by atoms with van der Waals surface area (Å²) in [5.41, 5.74) is 3.67. The van der Waals surface area contributed by atoms with Crippen LogP contribution in [0.4, 0.5) is 5.69 Å². The van der Waals surface area contributed by atoms with Crippen molar-refractivity contribution >= 4 is 33.5 Å². The van der Waals surface area contributed by atoms with Crippen LogP contribution in [0.1, 0.15) is 55.8 Å². The minimum atomic E-state index is -0.219. The summed E-state index contributed by atoms with van der Waals surface area (Å²) in [7, 11) is 0. The van der Waals surface area contributed by atoms with Crippen molar-refractivity contribution in [3.05, 3.63) is 47.9 Å². The van der Waals surface area contributed by atoms with E-state index in [9.17, 15) is 9.90 Å². The molecule has 1 aliphatic heterocycles. The lowest BCUT2D eigenvalue weighted by Gasteiger charge is -2.31. The van der Waals surface area contributed by atoms with Gasteiger partial charge in [-0.05, 0) is 52.0 Å². The van der Waals surface area contributed by atoms with Gasteiger partial charge in [0.25, 0.3) is 5.91 Å². The van der Waals surface area contributed by atoms with Gasteiger partial charge >= 0.3 is 0 Å². The third-order valence-electron chi connectivity index (χ3n) is 6.24. The summed E-state index contributed by atoms with van der Waals surface area (Å²) in [6, 6.07) is 7.93. The zero-order valence-electron chi connectivity index (χ0n) is 18.0. The maximum absolute atomic E-state index is 13.0. The molecule has 4 aromatic rings. The van der Waals surface area contributed by atoms with E-state index in [2.05, 4.69) is 53.0 Å². The zero-order chi connectivity index (χ0) is 21.9. The predicted molar refractivity (Wildman–Crippen MR) is 120 cm³/mol. The molecule has 5 rings (SSSR count). The van der Waals surface area contributed by atoms with E-state index in [1.54, 1.807) is 18.5 Å². The molecule has 3 N–H and O–H groups in total. The van der Waals surface area contributed by atoms with Gasteiger partial charge in [0.2, 0.25) is 0 Å². The summed E-state index contributed by atoms with van der Waals surface area (Å²) in [6.07, 6.45) is 3.41. The van der Waals surface area contributed by atoms with Crippen molar-refractivity contribution in [2.24, 2.45) is 0 Å². The molecule has 1 unspecified atom stereocenters. The number of nitrogens with zero attached hydrogens (tertiary/aromatic N) is 4. The molecule has 0 saturated heterocycles. The first-order valence-corrected chi connectivity index (χ1v) is 10.6. The van der Waals surface area contributed by atoms with E-state index >= 15 is 0 Å². The Morgan fingerprint density at radius 2 is 2.06 bits per heavy atom. The van der Waals surface area contributed by atoms with E-state index in [1.807, 2.05) is 22.9 Å². The summed E-state index contributed by atoms with van der Waals surface area (Å²) in [5, 5.41) is 23.0. The first kappa shape index (κ1) is 19.6. The fourth-order valence-corrected chi connectivity index (χ4v) is 4.36. The number of hydrogen-bond acceptors (Lipinski definition) is 5. The second-order valence-electron chi connectivity index (χ2n) is 8.58. The fourth-order valence-electron chi connectivity index (χ4n) is 4.36. The predicted octanol–water partition coefficient (Wildman–Crippen LogP) is 3.98. The maximum Gasteiger partial charge on any atom is 0.255 e. The number of amides is 1. The van der Waals surface area contributed by atoms with Crippen molar-refractivity contribution in [3.8, 4) is 5.75 Å². The number of pyridine rings is 1. The number of carbonyl (C=O) groups is 1. The molecule has 0 fully saturated rings. The number of fused-ring (bicyclic) bond motifs is 4. The molecular weight excluding hydrogens is 392 g/mol. The Morgan fingerprint density at radius 1 is 1.26 bits per heavy atom. The standard InChI is InChI=1S/C23H26N6O2/c1-12(2)29-22-16(9-26-29)7-17(10-25-22)27-23(31)15-5-6-18-19(8-15)28-14(4)13(3)24-11-20(28)21(18)30/h5-10,12-14,24,30H,11H2,1-4H3,(H,27,31)/t13-,14?/m1/s1. The fraction of sp³-hybridized carbons (Fsp3) is 0.348. The highest BCUT2D eigenvalue weighted by Gasteiger charge is 2.28.